The van der Waals surface area contributed by atoms with Gasteiger partial charge in [0.1, 0.15) is 0 Å². The van der Waals surface area contributed by atoms with Crippen molar-refractivity contribution in [3.8, 4) is 0 Å². The Labute approximate surface area is 179 Å². The standard InChI is InChI=1S/C26H45NO2/c1-2-3-4-5-6-7-8-9-10-11-12-13-14-15-16-17-19-22-20-18-21-23-24(22)26(29)27-25(23)28/h22H,2-21H2,1H3,(H,27,28,29). The minimum Gasteiger partial charge on any atom is -0.289 e. The van der Waals surface area contributed by atoms with Gasteiger partial charge < -0.3 is 0 Å². The average Bonchev–Trinajstić information content (AvgIpc) is 3.02. The second-order valence-electron chi connectivity index (χ2n) is 9.36. The van der Waals surface area contributed by atoms with Crippen molar-refractivity contribution >= 4 is 11.8 Å². The number of unbranched alkanes of at least 4 members (excludes halogenated alkanes) is 15. The van der Waals surface area contributed by atoms with E-state index in [1.807, 2.05) is 0 Å². The van der Waals surface area contributed by atoms with Gasteiger partial charge in [-0.1, -0.05) is 110 Å². The van der Waals surface area contributed by atoms with Gasteiger partial charge in [-0.15, -0.1) is 0 Å². The molecule has 0 aromatic carbocycles. The van der Waals surface area contributed by atoms with Crippen LogP contribution in [-0.2, 0) is 9.59 Å². The van der Waals surface area contributed by atoms with Crippen molar-refractivity contribution in [1.29, 1.82) is 0 Å². The van der Waals surface area contributed by atoms with Gasteiger partial charge in [-0.3, -0.25) is 14.9 Å². The van der Waals surface area contributed by atoms with E-state index < -0.39 is 0 Å². The van der Waals surface area contributed by atoms with Crippen LogP contribution in [0.1, 0.15) is 135 Å². The lowest BCUT2D eigenvalue weighted by atomic mass is 9.81. The molecule has 2 aliphatic rings. The fraction of sp³-hybridized carbons (Fsp3) is 0.846. The van der Waals surface area contributed by atoms with Crippen LogP contribution < -0.4 is 5.32 Å². The van der Waals surface area contributed by atoms with Crippen molar-refractivity contribution in [2.45, 2.75) is 135 Å². The van der Waals surface area contributed by atoms with Gasteiger partial charge in [0.25, 0.3) is 11.8 Å². The number of carbonyl (C=O) groups is 2. The van der Waals surface area contributed by atoms with E-state index in [-0.39, 0.29) is 11.8 Å². The number of carbonyl (C=O) groups excluding carboxylic acids is 2. The Balaban J connectivity index is 1.37. The minimum atomic E-state index is -0.123. The van der Waals surface area contributed by atoms with Crippen LogP contribution in [-0.4, -0.2) is 11.8 Å². The van der Waals surface area contributed by atoms with Crippen LogP contribution >= 0.6 is 0 Å². The number of hydrogen-bond donors (Lipinski definition) is 1. The van der Waals surface area contributed by atoms with Crippen molar-refractivity contribution in [2.24, 2.45) is 5.92 Å². The van der Waals surface area contributed by atoms with Crippen LogP contribution in [0.3, 0.4) is 0 Å². The molecule has 1 aliphatic carbocycles. The monoisotopic (exact) mass is 403 g/mol. The molecular weight excluding hydrogens is 358 g/mol. The molecule has 0 spiro atoms. The topological polar surface area (TPSA) is 46.2 Å². The van der Waals surface area contributed by atoms with Crippen molar-refractivity contribution in [3.63, 3.8) is 0 Å². The number of nitrogens with one attached hydrogen (secondary N) is 1. The summed E-state index contributed by atoms with van der Waals surface area (Å²) in [7, 11) is 0. The Hall–Kier alpha value is -1.12. The minimum absolute atomic E-state index is 0.105. The third-order valence-corrected chi connectivity index (χ3v) is 6.86. The molecule has 1 heterocycles. The summed E-state index contributed by atoms with van der Waals surface area (Å²) in [5.74, 6) is 0.102. The van der Waals surface area contributed by atoms with Crippen LogP contribution in [0.2, 0.25) is 0 Å². The number of imide groups is 1. The van der Waals surface area contributed by atoms with Gasteiger partial charge in [0.2, 0.25) is 0 Å². The molecule has 0 saturated heterocycles. The number of amides is 2. The summed E-state index contributed by atoms with van der Waals surface area (Å²) < 4.78 is 0. The first-order chi connectivity index (χ1) is 14.2. The largest absolute Gasteiger partial charge is 0.289 e. The maximum atomic E-state index is 12.0. The zero-order valence-corrected chi connectivity index (χ0v) is 19.0. The predicted molar refractivity (Wildman–Crippen MR) is 122 cm³/mol. The maximum absolute atomic E-state index is 12.0. The van der Waals surface area contributed by atoms with Crippen LogP contribution in [0.5, 0.6) is 0 Å². The first-order valence-electron chi connectivity index (χ1n) is 12.8. The lowest BCUT2D eigenvalue weighted by Gasteiger charge is -2.22. The summed E-state index contributed by atoms with van der Waals surface area (Å²) >= 11 is 0. The molecule has 2 amide bonds. The Morgan fingerprint density at radius 3 is 1.69 bits per heavy atom. The van der Waals surface area contributed by atoms with E-state index in [4.69, 9.17) is 0 Å². The van der Waals surface area contributed by atoms with Crippen molar-refractivity contribution < 1.29 is 9.59 Å². The Morgan fingerprint density at radius 2 is 1.17 bits per heavy atom. The maximum Gasteiger partial charge on any atom is 0.254 e. The van der Waals surface area contributed by atoms with E-state index in [0.29, 0.717) is 5.92 Å². The molecule has 1 atom stereocenters. The van der Waals surface area contributed by atoms with Crippen LogP contribution in [0.25, 0.3) is 0 Å². The van der Waals surface area contributed by atoms with E-state index in [0.717, 1.165) is 36.8 Å². The van der Waals surface area contributed by atoms with Gasteiger partial charge in [-0.2, -0.15) is 0 Å². The Morgan fingerprint density at radius 1 is 0.690 bits per heavy atom. The summed E-state index contributed by atoms with van der Waals surface area (Å²) in [6.45, 7) is 2.28. The summed E-state index contributed by atoms with van der Waals surface area (Å²) in [6, 6.07) is 0. The highest BCUT2D eigenvalue weighted by Crippen LogP contribution is 2.36. The molecule has 29 heavy (non-hydrogen) atoms. The normalized spacial score (nSPS) is 19.0. The second-order valence-corrected chi connectivity index (χ2v) is 9.36. The molecule has 0 bridgehead atoms. The second kappa shape index (κ2) is 14.8. The van der Waals surface area contributed by atoms with E-state index >= 15 is 0 Å². The van der Waals surface area contributed by atoms with Gasteiger partial charge in [0.15, 0.2) is 0 Å². The van der Waals surface area contributed by atoms with Gasteiger partial charge >= 0.3 is 0 Å². The van der Waals surface area contributed by atoms with E-state index in [1.54, 1.807) is 0 Å². The van der Waals surface area contributed by atoms with Crippen LogP contribution in [0.4, 0.5) is 0 Å². The Bertz CT molecular complexity index is 523. The molecule has 2 rings (SSSR count). The fourth-order valence-corrected chi connectivity index (χ4v) is 5.08. The van der Waals surface area contributed by atoms with Crippen LogP contribution in [0.15, 0.2) is 11.1 Å². The zero-order chi connectivity index (χ0) is 20.7. The predicted octanol–water partition coefficient (Wildman–Crippen LogP) is 7.39. The van der Waals surface area contributed by atoms with Crippen molar-refractivity contribution in [3.05, 3.63) is 11.1 Å². The third kappa shape index (κ3) is 9.05. The quantitative estimate of drug-likeness (QED) is 0.203. The lowest BCUT2D eigenvalue weighted by molar-refractivity contribution is -0.124. The highest BCUT2D eigenvalue weighted by molar-refractivity contribution is 6.19. The lowest BCUT2D eigenvalue weighted by Crippen LogP contribution is -2.24. The first-order valence-corrected chi connectivity index (χ1v) is 12.8. The first kappa shape index (κ1) is 24.2. The molecule has 0 saturated carbocycles. The summed E-state index contributed by atoms with van der Waals surface area (Å²) in [5.41, 5.74) is 1.63. The molecule has 1 unspecified atom stereocenters. The SMILES string of the molecule is CCCCCCCCCCCCCCCCCCC1CCCC2=C1C(=O)NC2=O. The van der Waals surface area contributed by atoms with Crippen LogP contribution in [0, 0.1) is 5.92 Å². The molecule has 166 valence electrons. The molecule has 1 N–H and O–H groups in total. The number of hydrogen-bond acceptors (Lipinski definition) is 2. The molecule has 3 nitrogen and oxygen atoms in total. The fourth-order valence-electron chi connectivity index (χ4n) is 5.08. The molecule has 0 aromatic heterocycles. The van der Waals surface area contributed by atoms with Crippen molar-refractivity contribution in [1.82, 2.24) is 5.32 Å². The van der Waals surface area contributed by atoms with Crippen molar-refractivity contribution in [2.75, 3.05) is 0 Å². The van der Waals surface area contributed by atoms with E-state index in [1.165, 1.54) is 103 Å². The summed E-state index contributed by atoms with van der Waals surface area (Å²) in [5, 5.41) is 2.49. The molecular formula is C26H45NO2. The molecule has 0 radical (unpaired) electrons. The van der Waals surface area contributed by atoms with E-state index in [2.05, 4.69) is 12.2 Å². The van der Waals surface area contributed by atoms with Gasteiger partial charge in [0, 0.05) is 11.1 Å². The number of rotatable bonds is 17. The third-order valence-electron chi connectivity index (χ3n) is 6.86. The van der Waals surface area contributed by atoms with Gasteiger partial charge in [-0.05, 0) is 31.6 Å². The van der Waals surface area contributed by atoms with Gasteiger partial charge in [-0.25, -0.2) is 0 Å². The molecule has 1 aliphatic heterocycles. The molecule has 0 fully saturated rings. The average molecular weight is 404 g/mol. The Kier molecular flexibility index (Phi) is 12.3. The molecule has 0 aromatic rings. The summed E-state index contributed by atoms with van der Waals surface area (Å²) in [4.78, 5) is 23.8. The molecule has 3 heteroatoms. The smallest absolute Gasteiger partial charge is 0.254 e. The van der Waals surface area contributed by atoms with E-state index in [9.17, 15) is 9.59 Å². The zero-order valence-electron chi connectivity index (χ0n) is 19.0. The summed E-state index contributed by atoms with van der Waals surface area (Å²) in [6.07, 6.45) is 26.2. The van der Waals surface area contributed by atoms with Gasteiger partial charge in [0.05, 0.1) is 0 Å². The highest BCUT2D eigenvalue weighted by Gasteiger charge is 2.36. The highest BCUT2D eigenvalue weighted by atomic mass is 16.2.